The lowest BCUT2D eigenvalue weighted by Gasteiger charge is -2.01. The van der Waals surface area contributed by atoms with Crippen LogP contribution < -0.4 is 5.73 Å². The van der Waals surface area contributed by atoms with E-state index in [-0.39, 0.29) is 5.15 Å². The zero-order chi connectivity index (χ0) is 8.43. The van der Waals surface area contributed by atoms with Gasteiger partial charge in [0, 0.05) is 12.1 Å². The van der Waals surface area contributed by atoms with E-state index < -0.39 is 0 Å². The number of hydrogen-bond acceptors (Lipinski definition) is 2. The Bertz CT molecular complexity index is 275. The number of hydrogen-bond donors (Lipinski definition) is 1. The van der Waals surface area contributed by atoms with Gasteiger partial charge in [-0.05, 0) is 6.07 Å². The summed E-state index contributed by atoms with van der Waals surface area (Å²) in [5.41, 5.74) is 6.04. The van der Waals surface area contributed by atoms with Crippen molar-refractivity contribution in [2.75, 3.05) is 0 Å². The summed E-state index contributed by atoms with van der Waals surface area (Å²) in [6.07, 6.45) is 0. The molecular formula is C6H5Cl3N2. The maximum absolute atomic E-state index is 5.67. The van der Waals surface area contributed by atoms with Crippen LogP contribution in [0.3, 0.4) is 0 Å². The fraction of sp³-hybridized carbons (Fsp3) is 0.167. The van der Waals surface area contributed by atoms with Crippen LogP contribution in [0.4, 0.5) is 0 Å². The molecule has 5 heteroatoms. The molecule has 1 rings (SSSR count). The first kappa shape index (κ1) is 9.07. The van der Waals surface area contributed by atoms with Crippen LogP contribution in [0, 0.1) is 0 Å². The Labute approximate surface area is 79.3 Å². The van der Waals surface area contributed by atoms with E-state index in [0.29, 0.717) is 22.3 Å². The molecular weight excluding hydrogens is 206 g/mol. The number of rotatable bonds is 1. The quantitative estimate of drug-likeness (QED) is 0.725. The van der Waals surface area contributed by atoms with Gasteiger partial charge in [0.1, 0.15) is 10.3 Å². The molecule has 2 N–H and O–H groups in total. The second kappa shape index (κ2) is 3.59. The minimum Gasteiger partial charge on any atom is -0.326 e. The molecule has 0 unspecified atom stereocenters. The van der Waals surface area contributed by atoms with Gasteiger partial charge in [-0.3, -0.25) is 0 Å². The van der Waals surface area contributed by atoms with Crippen LogP contribution in [0.15, 0.2) is 6.07 Å². The van der Waals surface area contributed by atoms with Crippen LogP contribution in [0.5, 0.6) is 0 Å². The SMILES string of the molecule is NCc1cc(Cl)c(Cl)nc1Cl. The highest BCUT2D eigenvalue weighted by molar-refractivity contribution is 6.42. The highest BCUT2D eigenvalue weighted by Gasteiger charge is 2.05. The first-order chi connectivity index (χ1) is 5.15. The van der Waals surface area contributed by atoms with Crippen molar-refractivity contribution in [2.45, 2.75) is 6.54 Å². The smallest absolute Gasteiger partial charge is 0.149 e. The molecule has 0 bridgehead atoms. The third kappa shape index (κ3) is 1.97. The number of nitrogens with two attached hydrogens (primary N) is 1. The van der Waals surface area contributed by atoms with Crippen molar-refractivity contribution < 1.29 is 0 Å². The molecule has 60 valence electrons. The molecule has 1 aromatic rings. The fourth-order valence-electron chi connectivity index (χ4n) is 0.627. The lowest BCUT2D eigenvalue weighted by atomic mass is 10.3. The summed E-state index contributed by atoms with van der Waals surface area (Å²) in [6, 6.07) is 1.61. The highest BCUT2D eigenvalue weighted by atomic mass is 35.5. The molecule has 0 atom stereocenters. The van der Waals surface area contributed by atoms with Crippen molar-refractivity contribution in [1.82, 2.24) is 4.98 Å². The van der Waals surface area contributed by atoms with Gasteiger partial charge in [-0.25, -0.2) is 4.98 Å². The number of aromatic nitrogens is 1. The molecule has 2 nitrogen and oxygen atoms in total. The van der Waals surface area contributed by atoms with E-state index in [2.05, 4.69) is 4.98 Å². The van der Waals surface area contributed by atoms with Gasteiger partial charge in [0.05, 0.1) is 5.02 Å². The van der Waals surface area contributed by atoms with E-state index in [1.54, 1.807) is 6.07 Å². The molecule has 0 aliphatic rings. The predicted octanol–water partition coefficient (Wildman–Crippen LogP) is 2.50. The average molecular weight is 211 g/mol. The molecule has 0 saturated carbocycles. The fourth-order valence-corrected chi connectivity index (χ4v) is 1.20. The molecule has 0 aromatic carbocycles. The molecule has 1 aromatic heterocycles. The van der Waals surface area contributed by atoms with Gasteiger partial charge < -0.3 is 5.73 Å². The lowest BCUT2D eigenvalue weighted by Crippen LogP contribution is -1.98. The monoisotopic (exact) mass is 210 g/mol. The van der Waals surface area contributed by atoms with Crippen molar-refractivity contribution in [3.05, 3.63) is 27.0 Å². The van der Waals surface area contributed by atoms with Crippen LogP contribution in [0.1, 0.15) is 5.56 Å². The van der Waals surface area contributed by atoms with Crippen LogP contribution in [-0.2, 0) is 6.54 Å². The second-order valence-electron chi connectivity index (χ2n) is 1.92. The van der Waals surface area contributed by atoms with Crippen LogP contribution in [-0.4, -0.2) is 4.98 Å². The van der Waals surface area contributed by atoms with Crippen molar-refractivity contribution in [3.63, 3.8) is 0 Å². The summed E-state index contributed by atoms with van der Waals surface area (Å²) in [6.45, 7) is 0.308. The minimum atomic E-state index is 0.203. The Balaban J connectivity index is 3.21. The van der Waals surface area contributed by atoms with E-state index >= 15 is 0 Å². The molecule has 0 aliphatic heterocycles. The van der Waals surface area contributed by atoms with Gasteiger partial charge in [0.2, 0.25) is 0 Å². The van der Waals surface area contributed by atoms with Crippen LogP contribution in [0.25, 0.3) is 0 Å². The maximum Gasteiger partial charge on any atom is 0.149 e. The topological polar surface area (TPSA) is 38.9 Å². The van der Waals surface area contributed by atoms with Gasteiger partial charge >= 0.3 is 0 Å². The van der Waals surface area contributed by atoms with Crippen molar-refractivity contribution in [2.24, 2.45) is 5.73 Å². The van der Waals surface area contributed by atoms with Crippen LogP contribution >= 0.6 is 34.8 Å². The summed E-state index contributed by atoms with van der Waals surface area (Å²) < 4.78 is 0. The van der Waals surface area contributed by atoms with Gasteiger partial charge in [0.25, 0.3) is 0 Å². The molecule has 11 heavy (non-hydrogen) atoms. The standard InChI is InChI=1S/C6H5Cl3N2/c7-4-1-3(2-10)5(8)11-6(4)9/h1H,2,10H2. The first-order valence-corrected chi connectivity index (χ1v) is 3.99. The first-order valence-electron chi connectivity index (χ1n) is 2.85. The summed E-state index contributed by atoms with van der Waals surface area (Å²) in [5, 5.41) is 0.882. The lowest BCUT2D eigenvalue weighted by molar-refractivity contribution is 1.05. The number of halogens is 3. The molecule has 0 amide bonds. The van der Waals surface area contributed by atoms with E-state index in [9.17, 15) is 0 Å². The number of pyridine rings is 1. The zero-order valence-electron chi connectivity index (χ0n) is 5.44. The molecule has 0 radical (unpaired) electrons. The Morgan fingerprint density at radius 1 is 1.27 bits per heavy atom. The van der Waals surface area contributed by atoms with Crippen molar-refractivity contribution in [1.29, 1.82) is 0 Å². The summed E-state index contributed by atoms with van der Waals surface area (Å²) >= 11 is 16.9. The van der Waals surface area contributed by atoms with Gasteiger partial charge in [-0.2, -0.15) is 0 Å². The van der Waals surface area contributed by atoms with E-state index in [4.69, 9.17) is 40.5 Å². The van der Waals surface area contributed by atoms with Gasteiger partial charge in [0.15, 0.2) is 0 Å². The molecule has 0 spiro atoms. The summed E-state index contributed by atoms with van der Waals surface area (Å²) in [5.74, 6) is 0. The largest absolute Gasteiger partial charge is 0.326 e. The molecule has 0 fully saturated rings. The number of nitrogens with zero attached hydrogens (tertiary/aromatic N) is 1. The third-order valence-corrected chi connectivity index (χ3v) is 2.18. The van der Waals surface area contributed by atoms with Gasteiger partial charge in [-0.1, -0.05) is 34.8 Å². The molecule has 1 heterocycles. The average Bonchev–Trinajstić information content (AvgIpc) is 1.97. The summed E-state index contributed by atoms with van der Waals surface area (Å²) in [7, 11) is 0. The molecule has 0 aliphatic carbocycles. The minimum absolute atomic E-state index is 0.203. The maximum atomic E-state index is 5.67. The van der Waals surface area contributed by atoms with Crippen molar-refractivity contribution in [3.8, 4) is 0 Å². The van der Waals surface area contributed by atoms with E-state index in [1.165, 1.54) is 0 Å². The normalized spacial score (nSPS) is 10.2. The van der Waals surface area contributed by atoms with E-state index in [1.807, 2.05) is 0 Å². The Hall–Kier alpha value is -0.0200. The summed E-state index contributed by atoms with van der Waals surface area (Å²) in [4.78, 5) is 3.76. The Kier molecular flexibility index (Phi) is 2.96. The van der Waals surface area contributed by atoms with Crippen LogP contribution in [0.2, 0.25) is 15.3 Å². The van der Waals surface area contributed by atoms with Crippen molar-refractivity contribution >= 4 is 34.8 Å². The highest BCUT2D eigenvalue weighted by Crippen LogP contribution is 2.24. The Morgan fingerprint density at radius 3 is 2.45 bits per heavy atom. The zero-order valence-corrected chi connectivity index (χ0v) is 7.71. The predicted molar refractivity (Wildman–Crippen MR) is 47.2 cm³/mol. The third-order valence-electron chi connectivity index (χ3n) is 1.18. The Morgan fingerprint density at radius 2 is 1.91 bits per heavy atom. The van der Waals surface area contributed by atoms with Gasteiger partial charge in [-0.15, -0.1) is 0 Å². The van der Waals surface area contributed by atoms with E-state index in [0.717, 1.165) is 0 Å². The molecule has 0 saturated heterocycles. The second-order valence-corrected chi connectivity index (χ2v) is 3.04.